The number of carbonyl (C=O) groups excluding carboxylic acids is 2. The van der Waals surface area contributed by atoms with Crippen LogP contribution in [0.4, 0.5) is 0 Å². The fourth-order valence-corrected chi connectivity index (χ4v) is 3.24. The molecule has 0 fully saturated rings. The lowest BCUT2D eigenvalue weighted by atomic mass is 10.0. The molecule has 148 valence electrons. The summed E-state index contributed by atoms with van der Waals surface area (Å²) in [6.07, 6.45) is -1.02. The van der Waals surface area contributed by atoms with E-state index in [4.69, 9.17) is 15.5 Å². The zero-order valence-electron chi connectivity index (χ0n) is 16.4. The smallest absolute Gasteiger partial charge is 0.339 e. The normalized spacial score (nSPS) is 11.8. The van der Waals surface area contributed by atoms with Gasteiger partial charge >= 0.3 is 5.97 Å². The van der Waals surface area contributed by atoms with Gasteiger partial charge in [-0.05, 0) is 30.2 Å². The fourth-order valence-electron chi connectivity index (χ4n) is 3.24. The minimum Gasteiger partial charge on any atom is -0.449 e. The third-order valence-corrected chi connectivity index (χ3v) is 4.91. The van der Waals surface area contributed by atoms with Crippen molar-refractivity contribution in [3.8, 4) is 22.4 Å². The van der Waals surface area contributed by atoms with Crippen LogP contribution in [-0.4, -0.2) is 23.0 Å². The lowest BCUT2D eigenvalue weighted by Gasteiger charge is -2.13. The van der Waals surface area contributed by atoms with Crippen LogP contribution < -0.4 is 5.73 Å². The SMILES string of the molecule is C[C@H](OC(=O)c1cc(-c2ccc(-c3ccccc3)cc2)nc2ccccc12)C(N)=O. The van der Waals surface area contributed by atoms with Gasteiger partial charge in [-0.2, -0.15) is 0 Å². The highest BCUT2D eigenvalue weighted by molar-refractivity contribution is 6.05. The van der Waals surface area contributed by atoms with Crippen LogP contribution in [0.1, 0.15) is 17.3 Å². The Labute approximate surface area is 174 Å². The van der Waals surface area contributed by atoms with Crippen LogP contribution in [-0.2, 0) is 9.53 Å². The number of pyridine rings is 1. The van der Waals surface area contributed by atoms with Gasteiger partial charge in [-0.15, -0.1) is 0 Å². The number of esters is 1. The number of amides is 1. The summed E-state index contributed by atoms with van der Waals surface area (Å²) in [5.41, 5.74) is 9.98. The lowest BCUT2D eigenvalue weighted by molar-refractivity contribution is -0.125. The number of benzene rings is 3. The number of rotatable bonds is 5. The first-order chi connectivity index (χ1) is 14.5. The summed E-state index contributed by atoms with van der Waals surface area (Å²) in [7, 11) is 0. The number of hydrogen-bond acceptors (Lipinski definition) is 4. The van der Waals surface area contributed by atoms with E-state index in [9.17, 15) is 9.59 Å². The largest absolute Gasteiger partial charge is 0.449 e. The van der Waals surface area contributed by atoms with Crippen LogP contribution in [0.15, 0.2) is 84.9 Å². The first-order valence-corrected chi connectivity index (χ1v) is 9.59. The van der Waals surface area contributed by atoms with E-state index in [2.05, 4.69) is 12.1 Å². The molecule has 1 aromatic heterocycles. The van der Waals surface area contributed by atoms with Crippen molar-refractivity contribution in [3.63, 3.8) is 0 Å². The molecule has 0 aliphatic heterocycles. The third-order valence-electron chi connectivity index (χ3n) is 4.91. The van der Waals surface area contributed by atoms with E-state index < -0.39 is 18.0 Å². The molecular formula is C25H20N2O3. The predicted molar refractivity (Wildman–Crippen MR) is 117 cm³/mol. The van der Waals surface area contributed by atoms with Gasteiger partial charge in [-0.25, -0.2) is 9.78 Å². The highest BCUT2D eigenvalue weighted by Crippen LogP contribution is 2.28. The Balaban J connectivity index is 1.75. The molecule has 4 aromatic rings. The minimum absolute atomic E-state index is 0.343. The average molecular weight is 396 g/mol. The number of hydrogen-bond donors (Lipinski definition) is 1. The van der Waals surface area contributed by atoms with Crippen LogP contribution >= 0.6 is 0 Å². The first kappa shape index (κ1) is 19.3. The molecule has 1 heterocycles. The molecule has 4 rings (SSSR count). The number of ether oxygens (including phenoxy) is 1. The van der Waals surface area contributed by atoms with E-state index in [0.29, 0.717) is 22.2 Å². The Bertz CT molecular complexity index is 1220. The number of fused-ring (bicyclic) bond motifs is 1. The number of primary amides is 1. The Morgan fingerprint density at radius 2 is 1.43 bits per heavy atom. The van der Waals surface area contributed by atoms with Gasteiger partial charge in [0.25, 0.3) is 5.91 Å². The number of nitrogens with zero attached hydrogens (tertiary/aromatic N) is 1. The molecule has 1 atom stereocenters. The van der Waals surface area contributed by atoms with Gasteiger partial charge in [0.15, 0.2) is 6.10 Å². The highest BCUT2D eigenvalue weighted by atomic mass is 16.5. The quantitative estimate of drug-likeness (QED) is 0.500. The standard InChI is InChI=1S/C25H20N2O3/c1-16(24(26)28)30-25(29)21-15-23(27-22-10-6-5-9-20(21)22)19-13-11-18(12-14-19)17-7-3-2-4-8-17/h2-16H,1H3,(H2,26,28)/t16-/m0/s1. The lowest BCUT2D eigenvalue weighted by Crippen LogP contribution is -2.30. The van der Waals surface area contributed by atoms with Crippen molar-refractivity contribution in [1.82, 2.24) is 4.98 Å². The highest BCUT2D eigenvalue weighted by Gasteiger charge is 2.20. The second kappa shape index (κ2) is 8.17. The summed E-state index contributed by atoms with van der Waals surface area (Å²) >= 11 is 0. The Hall–Kier alpha value is -3.99. The minimum atomic E-state index is -1.02. The summed E-state index contributed by atoms with van der Waals surface area (Å²) in [6.45, 7) is 1.45. The predicted octanol–water partition coefficient (Wildman–Crippen LogP) is 4.60. The summed E-state index contributed by atoms with van der Waals surface area (Å²) < 4.78 is 5.23. The summed E-state index contributed by atoms with van der Waals surface area (Å²) in [5.74, 6) is -1.31. The van der Waals surface area contributed by atoms with Crippen LogP contribution in [0.25, 0.3) is 33.3 Å². The Morgan fingerprint density at radius 1 is 0.833 bits per heavy atom. The number of nitrogens with two attached hydrogens (primary N) is 1. The van der Waals surface area contributed by atoms with Crippen molar-refractivity contribution in [2.24, 2.45) is 5.73 Å². The molecule has 5 heteroatoms. The Kier molecular flexibility index (Phi) is 5.26. The summed E-state index contributed by atoms with van der Waals surface area (Å²) in [4.78, 5) is 28.7. The summed E-state index contributed by atoms with van der Waals surface area (Å²) in [5, 5.41) is 0.656. The average Bonchev–Trinajstić information content (AvgIpc) is 2.79. The Morgan fingerprint density at radius 3 is 2.13 bits per heavy atom. The monoisotopic (exact) mass is 396 g/mol. The molecule has 0 spiro atoms. The van der Waals surface area contributed by atoms with Gasteiger partial charge < -0.3 is 10.5 Å². The third kappa shape index (κ3) is 3.91. The second-order valence-corrected chi connectivity index (χ2v) is 6.97. The molecule has 0 saturated heterocycles. The molecule has 0 bridgehead atoms. The van der Waals surface area contributed by atoms with Crippen LogP contribution in [0, 0.1) is 0 Å². The molecular weight excluding hydrogens is 376 g/mol. The molecule has 1 amide bonds. The van der Waals surface area contributed by atoms with Gasteiger partial charge in [0.1, 0.15) is 0 Å². The fraction of sp³-hybridized carbons (Fsp3) is 0.0800. The maximum absolute atomic E-state index is 12.7. The number of aromatic nitrogens is 1. The molecule has 30 heavy (non-hydrogen) atoms. The van der Waals surface area contributed by atoms with Crippen molar-refractivity contribution in [1.29, 1.82) is 0 Å². The van der Waals surface area contributed by atoms with Crippen molar-refractivity contribution >= 4 is 22.8 Å². The topological polar surface area (TPSA) is 82.3 Å². The van der Waals surface area contributed by atoms with Gasteiger partial charge in [0.2, 0.25) is 0 Å². The van der Waals surface area contributed by atoms with Gasteiger partial charge in [0.05, 0.1) is 16.8 Å². The molecule has 0 unspecified atom stereocenters. The van der Waals surface area contributed by atoms with Crippen molar-refractivity contribution in [2.45, 2.75) is 13.0 Å². The maximum Gasteiger partial charge on any atom is 0.339 e. The van der Waals surface area contributed by atoms with Crippen molar-refractivity contribution in [2.75, 3.05) is 0 Å². The molecule has 2 N–H and O–H groups in total. The zero-order valence-corrected chi connectivity index (χ0v) is 16.4. The first-order valence-electron chi connectivity index (χ1n) is 9.59. The van der Waals surface area contributed by atoms with E-state index in [0.717, 1.165) is 16.7 Å². The van der Waals surface area contributed by atoms with Crippen LogP contribution in [0.2, 0.25) is 0 Å². The zero-order chi connectivity index (χ0) is 21.1. The molecule has 5 nitrogen and oxygen atoms in total. The van der Waals surface area contributed by atoms with E-state index in [-0.39, 0.29) is 0 Å². The summed E-state index contributed by atoms with van der Waals surface area (Å²) in [6, 6.07) is 27.1. The van der Waals surface area contributed by atoms with E-state index in [1.165, 1.54) is 6.92 Å². The molecule has 0 aliphatic carbocycles. The van der Waals surface area contributed by atoms with Crippen LogP contribution in [0.5, 0.6) is 0 Å². The molecule has 0 aliphatic rings. The number of carbonyl (C=O) groups is 2. The van der Waals surface area contributed by atoms with Crippen molar-refractivity contribution < 1.29 is 14.3 Å². The van der Waals surface area contributed by atoms with Crippen molar-refractivity contribution in [3.05, 3.63) is 90.5 Å². The number of para-hydroxylation sites is 1. The molecule has 0 saturated carbocycles. The van der Waals surface area contributed by atoms with Gasteiger partial charge in [0, 0.05) is 10.9 Å². The molecule has 3 aromatic carbocycles. The van der Waals surface area contributed by atoms with E-state index in [1.807, 2.05) is 60.7 Å². The van der Waals surface area contributed by atoms with E-state index in [1.54, 1.807) is 12.1 Å². The maximum atomic E-state index is 12.7. The molecule has 0 radical (unpaired) electrons. The van der Waals surface area contributed by atoms with E-state index >= 15 is 0 Å². The van der Waals surface area contributed by atoms with Gasteiger partial charge in [-0.1, -0.05) is 72.8 Å². The van der Waals surface area contributed by atoms with Crippen LogP contribution in [0.3, 0.4) is 0 Å². The second-order valence-electron chi connectivity index (χ2n) is 6.97. The van der Waals surface area contributed by atoms with Gasteiger partial charge in [-0.3, -0.25) is 4.79 Å².